The molecule has 0 spiro atoms. The standard InChI is InChI=1S/C18H16N2O4S2/c1-24-16(21)12-15-17(13-8-4-2-5-9-13)19-18(25-15)20-26(22,23)14-10-6-3-7-11-14/h2-11H,12H2,1H3,(H,19,20). The van der Waals surface area contributed by atoms with Gasteiger partial charge in [-0.15, -0.1) is 0 Å². The molecular weight excluding hydrogens is 372 g/mol. The van der Waals surface area contributed by atoms with Gasteiger partial charge in [0.2, 0.25) is 0 Å². The summed E-state index contributed by atoms with van der Waals surface area (Å²) in [6, 6.07) is 17.3. The lowest BCUT2D eigenvalue weighted by Crippen LogP contribution is -2.12. The summed E-state index contributed by atoms with van der Waals surface area (Å²) in [4.78, 5) is 16.9. The molecule has 0 fully saturated rings. The fraction of sp³-hybridized carbons (Fsp3) is 0.111. The Hall–Kier alpha value is -2.71. The van der Waals surface area contributed by atoms with E-state index in [9.17, 15) is 13.2 Å². The van der Waals surface area contributed by atoms with Crippen molar-refractivity contribution in [1.82, 2.24) is 4.98 Å². The minimum absolute atomic E-state index is 0.0193. The Labute approximate surface area is 155 Å². The topological polar surface area (TPSA) is 85.4 Å². The predicted octanol–water partition coefficient (Wildman–Crippen LogP) is 3.33. The first-order valence-corrected chi connectivity index (χ1v) is 9.99. The van der Waals surface area contributed by atoms with Crippen LogP contribution in [0.1, 0.15) is 4.88 Å². The number of sulfonamides is 1. The van der Waals surface area contributed by atoms with Gasteiger partial charge in [-0.05, 0) is 12.1 Å². The number of carbonyl (C=O) groups excluding carboxylic acids is 1. The van der Waals surface area contributed by atoms with E-state index in [0.29, 0.717) is 10.6 Å². The highest BCUT2D eigenvalue weighted by atomic mass is 32.2. The van der Waals surface area contributed by atoms with Gasteiger partial charge in [0, 0.05) is 10.4 Å². The smallest absolute Gasteiger partial charge is 0.310 e. The number of aromatic nitrogens is 1. The molecule has 1 aromatic heterocycles. The molecule has 0 radical (unpaired) electrons. The lowest BCUT2D eigenvalue weighted by Gasteiger charge is -2.04. The van der Waals surface area contributed by atoms with Crippen LogP contribution in [-0.4, -0.2) is 26.5 Å². The summed E-state index contributed by atoms with van der Waals surface area (Å²) in [6.07, 6.45) is 0.0193. The quantitative estimate of drug-likeness (QED) is 0.655. The van der Waals surface area contributed by atoms with Crippen molar-refractivity contribution in [3.8, 4) is 11.3 Å². The van der Waals surface area contributed by atoms with E-state index in [-0.39, 0.29) is 16.4 Å². The van der Waals surface area contributed by atoms with E-state index in [1.807, 2.05) is 30.3 Å². The third-order valence-corrected chi connectivity index (χ3v) is 6.01. The highest BCUT2D eigenvalue weighted by Crippen LogP contribution is 2.32. The number of thiazole rings is 1. The maximum absolute atomic E-state index is 12.5. The van der Waals surface area contributed by atoms with Crippen LogP contribution in [0.5, 0.6) is 0 Å². The van der Waals surface area contributed by atoms with Crippen LogP contribution in [0.25, 0.3) is 11.3 Å². The third-order valence-electron chi connectivity index (χ3n) is 3.55. The second-order valence-corrected chi connectivity index (χ2v) is 8.09. The molecule has 1 N–H and O–H groups in total. The van der Waals surface area contributed by atoms with Gasteiger partial charge >= 0.3 is 5.97 Å². The van der Waals surface area contributed by atoms with E-state index < -0.39 is 16.0 Å². The van der Waals surface area contributed by atoms with Gasteiger partial charge in [0.15, 0.2) is 5.13 Å². The number of ether oxygens (including phenoxy) is 1. The normalized spacial score (nSPS) is 11.1. The van der Waals surface area contributed by atoms with Gasteiger partial charge in [-0.2, -0.15) is 0 Å². The minimum atomic E-state index is -3.75. The zero-order valence-corrected chi connectivity index (χ0v) is 15.5. The number of methoxy groups -OCH3 is 1. The largest absolute Gasteiger partial charge is 0.469 e. The van der Waals surface area contributed by atoms with Crippen LogP contribution in [0.15, 0.2) is 65.6 Å². The first kappa shape index (κ1) is 18.1. The molecule has 1 heterocycles. The van der Waals surface area contributed by atoms with Crippen LogP contribution in [0, 0.1) is 0 Å². The maximum Gasteiger partial charge on any atom is 0.310 e. The molecule has 3 rings (SSSR count). The summed E-state index contributed by atoms with van der Waals surface area (Å²) < 4.78 is 32.2. The van der Waals surface area contributed by atoms with Crippen LogP contribution < -0.4 is 4.72 Å². The molecule has 0 amide bonds. The van der Waals surface area contributed by atoms with Gasteiger partial charge < -0.3 is 4.74 Å². The van der Waals surface area contributed by atoms with Crippen LogP contribution in [0.2, 0.25) is 0 Å². The van der Waals surface area contributed by atoms with Gasteiger partial charge in [-0.25, -0.2) is 13.4 Å². The van der Waals surface area contributed by atoms with Gasteiger partial charge in [0.05, 0.1) is 24.1 Å². The van der Waals surface area contributed by atoms with Crippen molar-refractivity contribution in [1.29, 1.82) is 0 Å². The lowest BCUT2D eigenvalue weighted by atomic mass is 10.1. The van der Waals surface area contributed by atoms with Crippen molar-refractivity contribution in [2.75, 3.05) is 11.8 Å². The van der Waals surface area contributed by atoms with E-state index in [0.717, 1.165) is 16.9 Å². The molecule has 2 aromatic carbocycles. The van der Waals surface area contributed by atoms with Crippen LogP contribution in [-0.2, 0) is 26.0 Å². The van der Waals surface area contributed by atoms with E-state index in [4.69, 9.17) is 4.74 Å². The molecule has 0 aliphatic rings. The Morgan fingerprint density at radius 1 is 1.08 bits per heavy atom. The van der Waals surface area contributed by atoms with Gasteiger partial charge in [-0.3, -0.25) is 9.52 Å². The second kappa shape index (κ2) is 7.67. The van der Waals surface area contributed by atoms with Crippen molar-refractivity contribution >= 4 is 32.5 Å². The molecule has 134 valence electrons. The Balaban J connectivity index is 1.97. The van der Waals surface area contributed by atoms with Crippen molar-refractivity contribution in [2.24, 2.45) is 0 Å². The number of hydrogen-bond donors (Lipinski definition) is 1. The highest BCUT2D eigenvalue weighted by molar-refractivity contribution is 7.93. The SMILES string of the molecule is COC(=O)Cc1sc(NS(=O)(=O)c2ccccc2)nc1-c1ccccc1. The zero-order chi connectivity index (χ0) is 18.6. The summed E-state index contributed by atoms with van der Waals surface area (Å²) in [5, 5.41) is 0.201. The average molecular weight is 388 g/mol. The number of rotatable bonds is 6. The van der Waals surface area contributed by atoms with Gasteiger partial charge in [0.25, 0.3) is 10.0 Å². The Bertz CT molecular complexity index is 1000. The number of nitrogens with one attached hydrogen (secondary N) is 1. The van der Waals surface area contributed by atoms with Gasteiger partial charge in [-0.1, -0.05) is 59.9 Å². The Morgan fingerprint density at radius 3 is 2.31 bits per heavy atom. The van der Waals surface area contributed by atoms with Crippen molar-refractivity contribution in [3.63, 3.8) is 0 Å². The number of esters is 1. The summed E-state index contributed by atoms with van der Waals surface area (Å²) in [7, 11) is -2.44. The molecule has 6 nitrogen and oxygen atoms in total. The van der Waals surface area contributed by atoms with E-state index in [1.54, 1.807) is 18.2 Å². The molecule has 3 aromatic rings. The van der Waals surface area contributed by atoms with Gasteiger partial charge in [0.1, 0.15) is 0 Å². The fourth-order valence-corrected chi connectivity index (χ4v) is 4.54. The molecular formula is C18H16N2O4S2. The Morgan fingerprint density at radius 2 is 1.69 bits per heavy atom. The molecule has 0 aliphatic heterocycles. The second-order valence-electron chi connectivity index (χ2n) is 5.33. The zero-order valence-electron chi connectivity index (χ0n) is 13.9. The molecule has 8 heteroatoms. The van der Waals surface area contributed by atoms with Crippen molar-refractivity contribution in [3.05, 3.63) is 65.5 Å². The molecule has 26 heavy (non-hydrogen) atoms. The summed E-state index contributed by atoms with van der Waals surface area (Å²) in [5.74, 6) is -0.414. The number of anilines is 1. The first-order chi connectivity index (χ1) is 12.5. The van der Waals surface area contributed by atoms with E-state index in [1.165, 1.54) is 19.2 Å². The predicted molar refractivity (Wildman–Crippen MR) is 101 cm³/mol. The highest BCUT2D eigenvalue weighted by Gasteiger charge is 2.20. The molecule has 0 bridgehead atoms. The van der Waals surface area contributed by atoms with Crippen molar-refractivity contribution < 1.29 is 17.9 Å². The molecule has 0 atom stereocenters. The van der Waals surface area contributed by atoms with Crippen LogP contribution >= 0.6 is 11.3 Å². The number of carbonyl (C=O) groups is 1. The summed E-state index contributed by atoms with van der Waals surface area (Å²) in [6.45, 7) is 0. The summed E-state index contributed by atoms with van der Waals surface area (Å²) >= 11 is 1.12. The molecule has 0 aliphatic carbocycles. The molecule has 0 unspecified atom stereocenters. The van der Waals surface area contributed by atoms with Crippen LogP contribution in [0.4, 0.5) is 5.13 Å². The van der Waals surface area contributed by atoms with Crippen molar-refractivity contribution in [2.45, 2.75) is 11.3 Å². The molecule has 0 saturated carbocycles. The average Bonchev–Trinajstić information content (AvgIpc) is 3.04. The third kappa shape index (κ3) is 4.09. The fourth-order valence-electron chi connectivity index (χ4n) is 2.31. The minimum Gasteiger partial charge on any atom is -0.469 e. The number of benzene rings is 2. The first-order valence-electron chi connectivity index (χ1n) is 7.69. The monoisotopic (exact) mass is 388 g/mol. The number of hydrogen-bond acceptors (Lipinski definition) is 6. The van der Waals surface area contributed by atoms with E-state index in [2.05, 4.69) is 9.71 Å². The lowest BCUT2D eigenvalue weighted by molar-refractivity contribution is -0.139. The van der Waals surface area contributed by atoms with Crippen LogP contribution in [0.3, 0.4) is 0 Å². The molecule has 0 saturated heterocycles. The number of nitrogens with zero attached hydrogens (tertiary/aromatic N) is 1. The van der Waals surface area contributed by atoms with E-state index >= 15 is 0 Å². The Kier molecular flexibility index (Phi) is 5.34. The maximum atomic E-state index is 12.5. The summed E-state index contributed by atoms with van der Waals surface area (Å²) in [5.41, 5.74) is 1.36.